The smallest absolute Gasteiger partial charge is 0.260 e. The molecule has 2 heterocycles. The summed E-state index contributed by atoms with van der Waals surface area (Å²) in [6, 6.07) is 11.3. The molecular weight excluding hydrogens is 292 g/mol. The van der Waals surface area contributed by atoms with E-state index in [0.29, 0.717) is 16.9 Å². The first kappa shape index (κ1) is 14.5. The molecule has 0 saturated carbocycles. The number of anilines is 1. The molecule has 23 heavy (non-hydrogen) atoms. The van der Waals surface area contributed by atoms with Gasteiger partial charge in [0.2, 0.25) is 0 Å². The number of amides is 1. The van der Waals surface area contributed by atoms with Crippen LogP contribution in [0.25, 0.3) is 5.69 Å². The highest BCUT2D eigenvalue weighted by Gasteiger charge is 2.18. The molecule has 1 amide bonds. The Balaban J connectivity index is 2.00. The summed E-state index contributed by atoms with van der Waals surface area (Å²) < 4.78 is 3.15. The largest absolute Gasteiger partial charge is 0.305 e. The number of aromatic nitrogens is 4. The summed E-state index contributed by atoms with van der Waals surface area (Å²) in [6.07, 6.45) is 2.93. The van der Waals surface area contributed by atoms with Crippen molar-refractivity contribution < 1.29 is 4.79 Å². The van der Waals surface area contributed by atoms with E-state index in [1.54, 1.807) is 11.7 Å². The van der Waals surface area contributed by atoms with Crippen molar-refractivity contribution in [2.75, 3.05) is 5.32 Å². The second-order valence-corrected chi connectivity index (χ2v) is 4.99. The van der Waals surface area contributed by atoms with Crippen LogP contribution in [0.2, 0.25) is 0 Å². The number of carbonyl (C=O) groups is 1. The highest BCUT2D eigenvalue weighted by atomic mass is 16.1. The number of para-hydroxylation sites is 1. The van der Waals surface area contributed by atoms with Gasteiger partial charge in [-0.15, -0.1) is 0 Å². The average Bonchev–Trinajstić information content (AvgIpc) is 3.12. The van der Waals surface area contributed by atoms with Gasteiger partial charge in [0, 0.05) is 12.7 Å². The van der Waals surface area contributed by atoms with Crippen LogP contribution in [0.3, 0.4) is 0 Å². The molecule has 0 aliphatic rings. The Morgan fingerprint density at radius 2 is 1.96 bits per heavy atom. The minimum absolute atomic E-state index is 0.295. The molecule has 0 aliphatic carbocycles. The van der Waals surface area contributed by atoms with Gasteiger partial charge in [0.25, 0.3) is 5.91 Å². The SMILES string of the molecule is Cc1c(C(=O)Nc2c(C#N)cnn2-c2ccccc2)cnn1C. The van der Waals surface area contributed by atoms with E-state index in [9.17, 15) is 10.1 Å². The lowest BCUT2D eigenvalue weighted by molar-refractivity contribution is 0.102. The van der Waals surface area contributed by atoms with Crippen LogP contribution in [0, 0.1) is 18.3 Å². The van der Waals surface area contributed by atoms with Gasteiger partial charge in [0.05, 0.1) is 23.6 Å². The Bertz CT molecular complexity index is 901. The monoisotopic (exact) mass is 306 g/mol. The van der Waals surface area contributed by atoms with Crippen LogP contribution in [0.5, 0.6) is 0 Å². The normalized spacial score (nSPS) is 10.3. The number of aryl methyl sites for hydroxylation is 1. The summed E-state index contributed by atoms with van der Waals surface area (Å²) in [5.41, 5.74) is 2.25. The number of carbonyl (C=O) groups excluding carboxylic acids is 1. The molecule has 3 rings (SSSR count). The highest BCUT2D eigenvalue weighted by Crippen LogP contribution is 2.20. The summed E-state index contributed by atoms with van der Waals surface area (Å²) in [7, 11) is 1.76. The van der Waals surface area contributed by atoms with Crippen molar-refractivity contribution in [1.82, 2.24) is 19.6 Å². The van der Waals surface area contributed by atoms with Crippen molar-refractivity contribution in [3.8, 4) is 11.8 Å². The minimum atomic E-state index is -0.329. The first-order chi connectivity index (χ1) is 11.1. The van der Waals surface area contributed by atoms with Crippen LogP contribution >= 0.6 is 0 Å². The third-order valence-corrected chi connectivity index (χ3v) is 3.60. The molecule has 0 aliphatic heterocycles. The molecule has 1 N–H and O–H groups in total. The van der Waals surface area contributed by atoms with Crippen molar-refractivity contribution >= 4 is 11.7 Å². The second-order valence-electron chi connectivity index (χ2n) is 4.99. The van der Waals surface area contributed by atoms with Crippen molar-refractivity contribution in [3.63, 3.8) is 0 Å². The summed E-state index contributed by atoms with van der Waals surface area (Å²) in [4.78, 5) is 12.5. The molecule has 2 aromatic heterocycles. The Morgan fingerprint density at radius 3 is 2.57 bits per heavy atom. The highest BCUT2D eigenvalue weighted by molar-refractivity contribution is 6.05. The fourth-order valence-corrected chi connectivity index (χ4v) is 2.21. The number of hydrogen-bond donors (Lipinski definition) is 1. The molecule has 1 aromatic carbocycles. The van der Waals surface area contributed by atoms with Crippen molar-refractivity contribution in [1.29, 1.82) is 5.26 Å². The van der Waals surface area contributed by atoms with Crippen LogP contribution in [0.1, 0.15) is 21.6 Å². The Labute approximate surface area is 132 Å². The fourth-order valence-electron chi connectivity index (χ4n) is 2.21. The van der Waals surface area contributed by atoms with Crippen molar-refractivity contribution in [2.24, 2.45) is 7.05 Å². The number of nitrogens with one attached hydrogen (secondary N) is 1. The zero-order chi connectivity index (χ0) is 16.4. The van der Waals surface area contributed by atoms with Crippen LogP contribution in [0.15, 0.2) is 42.7 Å². The molecule has 114 valence electrons. The third kappa shape index (κ3) is 2.58. The summed E-state index contributed by atoms with van der Waals surface area (Å²) in [5.74, 6) is 0.0109. The molecule has 0 saturated heterocycles. The fraction of sp³-hybridized carbons (Fsp3) is 0.125. The number of nitriles is 1. The lowest BCUT2D eigenvalue weighted by Crippen LogP contribution is -2.16. The molecule has 0 unspecified atom stereocenters. The first-order valence-electron chi connectivity index (χ1n) is 6.95. The predicted octanol–water partition coefficient (Wildman–Crippen LogP) is 2.04. The van der Waals surface area contributed by atoms with E-state index < -0.39 is 0 Å². The lowest BCUT2D eigenvalue weighted by atomic mass is 10.2. The summed E-state index contributed by atoms with van der Waals surface area (Å²) >= 11 is 0. The minimum Gasteiger partial charge on any atom is -0.305 e. The number of benzene rings is 1. The number of hydrogen-bond acceptors (Lipinski definition) is 4. The van der Waals surface area contributed by atoms with Crippen LogP contribution in [-0.2, 0) is 7.05 Å². The Morgan fingerprint density at radius 1 is 1.22 bits per heavy atom. The van der Waals surface area contributed by atoms with Gasteiger partial charge in [-0.1, -0.05) is 18.2 Å². The van der Waals surface area contributed by atoms with E-state index in [-0.39, 0.29) is 5.91 Å². The zero-order valence-corrected chi connectivity index (χ0v) is 12.7. The van der Waals surface area contributed by atoms with Crippen LogP contribution in [0.4, 0.5) is 5.82 Å². The Kier molecular flexibility index (Phi) is 3.65. The van der Waals surface area contributed by atoms with E-state index in [1.807, 2.05) is 43.3 Å². The molecule has 0 atom stereocenters. The summed E-state index contributed by atoms with van der Waals surface area (Å²) in [5, 5.41) is 20.3. The lowest BCUT2D eigenvalue weighted by Gasteiger charge is -2.09. The van der Waals surface area contributed by atoms with E-state index in [0.717, 1.165) is 11.4 Å². The van der Waals surface area contributed by atoms with Gasteiger partial charge in [0.15, 0.2) is 5.82 Å². The molecular formula is C16H14N6O. The van der Waals surface area contributed by atoms with E-state index in [2.05, 4.69) is 15.5 Å². The quantitative estimate of drug-likeness (QED) is 0.802. The van der Waals surface area contributed by atoms with Crippen LogP contribution in [-0.4, -0.2) is 25.5 Å². The number of rotatable bonds is 3. The molecule has 0 radical (unpaired) electrons. The molecule has 0 bridgehead atoms. The molecule has 7 nitrogen and oxygen atoms in total. The van der Waals surface area contributed by atoms with Gasteiger partial charge in [-0.2, -0.15) is 15.5 Å². The van der Waals surface area contributed by atoms with Gasteiger partial charge in [0.1, 0.15) is 11.6 Å². The maximum Gasteiger partial charge on any atom is 0.260 e. The standard InChI is InChI=1S/C16H14N6O/c1-11-14(10-18-21(11)2)16(23)20-15-12(8-17)9-19-22(15)13-6-4-3-5-7-13/h3-7,9-10H,1-2H3,(H,20,23). The zero-order valence-electron chi connectivity index (χ0n) is 12.7. The van der Waals surface area contributed by atoms with E-state index in [4.69, 9.17) is 0 Å². The Hall–Kier alpha value is -3.40. The molecule has 3 aromatic rings. The maximum atomic E-state index is 12.5. The van der Waals surface area contributed by atoms with Crippen molar-refractivity contribution in [3.05, 3.63) is 59.5 Å². The van der Waals surface area contributed by atoms with Gasteiger partial charge in [-0.25, -0.2) is 4.68 Å². The van der Waals surface area contributed by atoms with Crippen LogP contribution < -0.4 is 5.32 Å². The van der Waals surface area contributed by atoms with Gasteiger partial charge in [-0.05, 0) is 19.1 Å². The van der Waals surface area contributed by atoms with E-state index in [1.165, 1.54) is 17.1 Å². The average molecular weight is 306 g/mol. The van der Waals surface area contributed by atoms with Gasteiger partial charge < -0.3 is 5.32 Å². The molecule has 0 fully saturated rings. The van der Waals surface area contributed by atoms with E-state index >= 15 is 0 Å². The van der Waals surface area contributed by atoms with Crippen molar-refractivity contribution in [2.45, 2.75) is 6.92 Å². The predicted molar refractivity (Wildman–Crippen MR) is 84.2 cm³/mol. The molecule has 7 heteroatoms. The van der Waals surface area contributed by atoms with Gasteiger partial charge >= 0.3 is 0 Å². The topological polar surface area (TPSA) is 88.5 Å². The third-order valence-electron chi connectivity index (χ3n) is 3.60. The maximum absolute atomic E-state index is 12.5. The van der Waals surface area contributed by atoms with Gasteiger partial charge in [-0.3, -0.25) is 9.48 Å². The molecule has 0 spiro atoms. The first-order valence-corrected chi connectivity index (χ1v) is 6.95. The second kappa shape index (κ2) is 5.77. The number of nitrogens with zero attached hydrogens (tertiary/aromatic N) is 5. The summed E-state index contributed by atoms with van der Waals surface area (Å²) in [6.45, 7) is 1.81.